The molecule has 0 radical (unpaired) electrons. The maximum Gasteiger partial charge on any atom is 0.310 e. The van der Waals surface area contributed by atoms with E-state index in [4.69, 9.17) is 16.3 Å². The Bertz CT molecular complexity index is 572. The minimum atomic E-state index is -0.260. The molecule has 118 valence electrons. The fourth-order valence-corrected chi connectivity index (χ4v) is 2.69. The smallest absolute Gasteiger partial charge is 0.310 e. The number of unbranched alkanes of at least 4 members (excludes halogenated alkanes) is 2. The fourth-order valence-electron chi connectivity index (χ4n) is 2.51. The van der Waals surface area contributed by atoms with Crippen molar-refractivity contribution in [1.29, 1.82) is 0 Å². The highest BCUT2D eigenvalue weighted by Crippen LogP contribution is 2.32. The first-order valence-electron chi connectivity index (χ1n) is 7.72. The van der Waals surface area contributed by atoms with Crippen LogP contribution < -0.4 is 0 Å². The number of ether oxygens (including phenoxy) is 1. The lowest BCUT2D eigenvalue weighted by Gasteiger charge is -2.08. The maximum atomic E-state index is 12.1. The Labute approximate surface area is 136 Å². The predicted molar refractivity (Wildman–Crippen MR) is 87.6 cm³/mol. The van der Waals surface area contributed by atoms with E-state index in [1.165, 1.54) is 0 Å². The van der Waals surface area contributed by atoms with Crippen molar-refractivity contribution in [3.63, 3.8) is 0 Å². The number of carbonyl (C=O) groups excluding carboxylic acids is 2. The van der Waals surface area contributed by atoms with Crippen LogP contribution in [-0.4, -0.2) is 17.6 Å². The van der Waals surface area contributed by atoms with Gasteiger partial charge < -0.3 is 4.74 Å². The molecule has 0 amide bonds. The topological polar surface area (TPSA) is 43.4 Å². The van der Waals surface area contributed by atoms with Crippen LogP contribution in [0.1, 0.15) is 49.7 Å². The average Bonchev–Trinajstić information content (AvgIpc) is 2.85. The number of allylic oxidation sites excluding steroid dienone is 2. The van der Waals surface area contributed by atoms with Gasteiger partial charge >= 0.3 is 5.97 Å². The fraction of sp³-hybridized carbons (Fsp3) is 0.444. The number of hydrogen-bond donors (Lipinski definition) is 0. The van der Waals surface area contributed by atoms with Crippen molar-refractivity contribution in [3.05, 3.63) is 41.2 Å². The van der Waals surface area contributed by atoms with Gasteiger partial charge in [-0.15, -0.1) is 11.6 Å². The van der Waals surface area contributed by atoms with Crippen LogP contribution in [0.4, 0.5) is 0 Å². The molecule has 2 rings (SSSR count). The summed E-state index contributed by atoms with van der Waals surface area (Å²) in [6, 6.07) is 7.73. The Morgan fingerprint density at radius 1 is 1.14 bits per heavy atom. The Morgan fingerprint density at radius 3 is 2.55 bits per heavy atom. The Hall–Kier alpha value is -1.61. The number of alkyl halides is 1. The largest absolute Gasteiger partial charge is 0.430 e. The van der Waals surface area contributed by atoms with Crippen LogP contribution in [0.3, 0.4) is 0 Å². The first-order valence-corrected chi connectivity index (χ1v) is 8.25. The van der Waals surface area contributed by atoms with Crippen molar-refractivity contribution in [2.24, 2.45) is 0 Å². The van der Waals surface area contributed by atoms with E-state index in [0.29, 0.717) is 36.5 Å². The molecule has 3 nitrogen and oxygen atoms in total. The minimum absolute atomic E-state index is 0.0498. The van der Waals surface area contributed by atoms with E-state index in [0.717, 1.165) is 30.4 Å². The third kappa shape index (κ3) is 4.44. The molecule has 0 saturated heterocycles. The molecule has 0 aromatic heterocycles. The summed E-state index contributed by atoms with van der Waals surface area (Å²) >= 11 is 5.61. The zero-order valence-corrected chi connectivity index (χ0v) is 13.6. The molecular formula is C18H21ClO3. The zero-order valence-electron chi connectivity index (χ0n) is 12.9. The van der Waals surface area contributed by atoms with Crippen molar-refractivity contribution in [1.82, 2.24) is 0 Å². The Morgan fingerprint density at radius 2 is 1.86 bits per heavy atom. The number of esters is 1. The van der Waals surface area contributed by atoms with Crippen molar-refractivity contribution >= 4 is 28.9 Å². The van der Waals surface area contributed by atoms with Gasteiger partial charge in [-0.3, -0.25) is 9.59 Å². The van der Waals surface area contributed by atoms with E-state index in [1.54, 1.807) is 0 Å². The van der Waals surface area contributed by atoms with Gasteiger partial charge in [-0.05, 0) is 25.3 Å². The Balaban J connectivity index is 2.04. The lowest BCUT2D eigenvalue weighted by molar-refractivity contribution is -0.139. The molecule has 4 heteroatoms. The highest BCUT2D eigenvalue weighted by Gasteiger charge is 2.27. The standard InChI is InChI=1S/C18H21ClO3/c1-13-6-8-14(9-7-13)18-15(20)10-11-16(18)22-17(21)5-3-2-4-12-19/h6-9H,2-5,10-12H2,1H3. The molecule has 0 heterocycles. The quantitative estimate of drug-likeness (QED) is 0.424. The molecule has 1 aromatic carbocycles. The van der Waals surface area contributed by atoms with E-state index in [2.05, 4.69) is 0 Å². The number of benzene rings is 1. The van der Waals surface area contributed by atoms with Gasteiger partial charge in [-0.25, -0.2) is 0 Å². The van der Waals surface area contributed by atoms with Gasteiger partial charge in [0.2, 0.25) is 0 Å². The zero-order chi connectivity index (χ0) is 15.9. The van der Waals surface area contributed by atoms with Crippen molar-refractivity contribution < 1.29 is 14.3 Å². The van der Waals surface area contributed by atoms with Gasteiger partial charge in [0, 0.05) is 25.1 Å². The van der Waals surface area contributed by atoms with E-state index in [-0.39, 0.29) is 11.8 Å². The van der Waals surface area contributed by atoms with Gasteiger partial charge in [0.15, 0.2) is 5.78 Å². The molecule has 0 bridgehead atoms. The highest BCUT2D eigenvalue weighted by molar-refractivity contribution is 6.23. The summed E-state index contributed by atoms with van der Waals surface area (Å²) < 4.78 is 5.45. The van der Waals surface area contributed by atoms with Crippen LogP contribution in [0.15, 0.2) is 30.0 Å². The number of rotatable bonds is 7. The lowest BCUT2D eigenvalue weighted by Crippen LogP contribution is -2.05. The number of aryl methyl sites for hydroxylation is 1. The van der Waals surface area contributed by atoms with Gasteiger partial charge in [-0.1, -0.05) is 36.2 Å². The third-order valence-electron chi connectivity index (χ3n) is 3.73. The summed E-state index contributed by atoms with van der Waals surface area (Å²) in [7, 11) is 0. The van der Waals surface area contributed by atoms with E-state index in [9.17, 15) is 9.59 Å². The maximum absolute atomic E-state index is 12.1. The lowest BCUT2D eigenvalue weighted by atomic mass is 10.0. The molecule has 0 aliphatic heterocycles. The number of ketones is 1. The van der Waals surface area contributed by atoms with Crippen molar-refractivity contribution in [2.75, 3.05) is 5.88 Å². The molecule has 0 fully saturated rings. The van der Waals surface area contributed by atoms with E-state index in [1.807, 2.05) is 31.2 Å². The van der Waals surface area contributed by atoms with Crippen molar-refractivity contribution in [2.45, 2.75) is 45.4 Å². The number of Topliss-reactive ketones (excluding diaryl/α,β-unsaturated/α-hetero) is 1. The molecule has 1 aliphatic rings. The summed E-state index contributed by atoms with van der Waals surface area (Å²) in [6.45, 7) is 2.00. The second kappa shape index (κ2) is 8.14. The SMILES string of the molecule is Cc1ccc(C2=C(OC(=O)CCCCCCl)CCC2=O)cc1. The molecule has 0 atom stereocenters. The first-order chi connectivity index (χ1) is 10.6. The average molecular weight is 321 g/mol. The van der Waals surface area contributed by atoms with Gasteiger partial charge in [0.1, 0.15) is 5.76 Å². The first kappa shape index (κ1) is 16.8. The molecule has 1 aliphatic carbocycles. The second-order valence-electron chi connectivity index (χ2n) is 5.56. The van der Waals surface area contributed by atoms with E-state index < -0.39 is 0 Å². The summed E-state index contributed by atoms with van der Waals surface area (Å²) in [4.78, 5) is 24.0. The summed E-state index contributed by atoms with van der Waals surface area (Å²) in [5, 5.41) is 0. The molecule has 0 spiro atoms. The predicted octanol–water partition coefficient (Wildman–Crippen LogP) is 4.41. The van der Waals surface area contributed by atoms with E-state index >= 15 is 0 Å². The van der Waals surface area contributed by atoms with Crippen molar-refractivity contribution in [3.8, 4) is 0 Å². The van der Waals surface area contributed by atoms with Gasteiger partial charge in [0.05, 0.1) is 5.57 Å². The third-order valence-corrected chi connectivity index (χ3v) is 4.00. The number of halogens is 1. The summed E-state index contributed by atoms with van der Waals surface area (Å²) in [6.07, 6.45) is 3.89. The van der Waals surface area contributed by atoms with Crippen LogP contribution in [-0.2, 0) is 14.3 Å². The molecule has 0 unspecified atom stereocenters. The van der Waals surface area contributed by atoms with Crippen LogP contribution in [0.2, 0.25) is 0 Å². The summed E-state index contributed by atoms with van der Waals surface area (Å²) in [5.74, 6) is 0.931. The molecule has 0 saturated carbocycles. The second-order valence-corrected chi connectivity index (χ2v) is 5.94. The number of hydrogen-bond acceptors (Lipinski definition) is 3. The summed E-state index contributed by atoms with van der Waals surface area (Å²) in [5.41, 5.74) is 2.53. The Kier molecular flexibility index (Phi) is 6.20. The van der Waals surface area contributed by atoms with Crippen LogP contribution in [0, 0.1) is 6.92 Å². The van der Waals surface area contributed by atoms with Crippen LogP contribution >= 0.6 is 11.6 Å². The van der Waals surface area contributed by atoms with Crippen LogP contribution in [0.5, 0.6) is 0 Å². The van der Waals surface area contributed by atoms with Crippen LogP contribution in [0.25, 0.3) is 5.57 Å². The molecule has 22 heavy (non-hydrogen) atoms. The molecular weight excluding hydrogens is 300 g/mol. The minimum Gasteiger partial charge on any atom is -0.430 e. The molecule has 1 aromatic rings. The van der Waals surface area contributed by atoms with Gasteiger partial charge in [-0.2, -0.15) is 0 Å². The molecule has 0 N–H and O–H groups in total. The van der Waals surface area contributed by atoms with Gasteiger partial charge in [0.25, 0.3) is 0 Å². The monoisotopic (exact) mass is 320 g/mol. The highest BCUT2D eigenvalue weighted by atomic mass is 35.5. The normalized spacial score (nSPS) is 14.5. The number of carbonyl (C=O) groups is 2.